The van der Waals surface area contributed by atoms with E-state index in [0.29, 0.717) is 25.1 Å². The number of aliphatic hydroxyl groups is 1. The highest BCUT2D eigenvalue weighted by Gasteiger charge is 2.33. The third kappa shape index (κ3) is 2.64. The lowest BCUT2D eigenvalue weighted by atomic mass is 10.0. The Hall–Kier alpha value is -1.80. The number of aliphatic imine (C=N–C) groups is 1. The molecule has 2 heterocycles. The maximum absolute atomic E-state index is 11.0. The highest BCUT2D eigenvalue weighted by Crippen LogP contribution is 2.33. The number of nitrogens with zero attached hydrogens (tertiary/aromatic N) is 4. The molecule has 0 saturated carbocycles. The molecule has 1 N–H and O–H groups in total. The Morgan fingerprint density at radius 1 is 1.74 bits per heavy atom. The Labute approximate surface area is 109 Å². The van der Waals surface area contributed by atoms with Gasteiger partial charge in [-0.3, -0.25) is 19.8 Å². The number of aromatic nitrogens is 2. The van der Waals surface area contributed by atoms with Crippen LogP contribution >= 0.6 is 0 Å². The minimum Gasteiger partial charge on any atom is -0.391 e. The van der Waals surface area contributed by atoms with Gasteiger partial charge in [-0.2, -0.15) is 5.10 Å². The summed E-state index contributed by atoms with van der Waals surface area (Å²) in [4.78, 5) is 14.4. The summed E-state index contributed by atoms with van der Waals surface area (Å²) in [6.45, 7) is 3.77. The van der Waals surface area contributed by atoms with Gasteiger partial charge in [-0.1, -0.05) is 0 Å². The summed E-state index contributed by atoms with van der Waals surface area (Å²) in [5.41, 5.74) is 0.319. The Kier molecular flexibility index (Phi) is 3.91. The van der Waals surface area contributed by atoms with Crippen LogP contribution in [0.2, 0.25) is 0 Å². The zero-order valence-electron chi connectivity index (χ0n) is 10.6. The van der Waals surface area contributed by atoms with Crippen molar-refractivity contribution in [2.75, 3.05) is 6.61 Å². The number of hydrogen-bond acceptors (Lipinski definition) is 6. The molecule has 1 fully saturated rings. The van der Waals surface area contributed by atoms with Gasteiger partial charge in [0, 0.05) is 13.5 Å². The molecule has 1 saturated heterocycles. The lowest BCUT2D eigenvalue weighted by Gasteiger charge is -2.18. The van der Waals surface area contributed by atoms with Crippen molar-refractivity contribution in [1.29, 1.82) is 0 Å². The maximum atomic E-state index is 11.0. The van der Waals surface area contributed by atoms with Gasteiger partial charge in [0.25, 0.3) is 0 Å². The second-order valence-electron chi connectivity index (χ2n) is 4.50. The van der Waals surface area contributed by atoms with Crippen LogP contribution in [-0.2, 0) is 11.8 Å². The van der Waals surface area contributed by atoms with Crippen LogP contribution in [0, 0.1) is 10.1 Å². The molecule has 2 rings (SSSR count). The van der Waals surface area contributed by atoms with Gasteiger partial charge in [0.15, 0.2) is 0 Å². The number of aliphatic hydroxyl groups excluding tert-OH is 1. The van der Waals surface area contributed by atoms with Crippen LogP contribution in [0.1, 0.15) is 24.6 Å². The average molecular weight is 268 g/mol. The summed E-state index contributed by atoms with van der Waals surface area (Å²) >= 11 is 0. The van der Waals surface area contributed by atoms with E-state index in [2.05, 4.69) is 16.8 Å². The van der Waals surface area contributed by atoms with E-state index in [9.17, 15) is 15.2 Å². The first-order chi connectivity index (χ1) is 9.04. The minimum absolute atomic E-state index is 0.0771. The van der Waals surface area contributed by atoms with Crippen LogP contribution in [0.5, 0.6) is 0 Å². The predicted molar refractivity (Wildman–Crippen MR) is 67.1 cm³/mol. The molecule has 0 aliphatic carbocycles. The molecular formula is C11H16N4O4. The van der Waals surface area contributed by atoms with Crippen molar-refractivity contribution in [1.82, 2.24) is 9.78 Å². The average Bonchev–Trinajstić information content (AvgIpc) is 2.65. The molecule has 1 aliphatic rings. The molecule has 0 bridgehead atoms. The van der Waals surface area contributed by atoms with E-state index in [4.69, 9.17) is 4.74 Å². The molecule has 8 nitrogen and oxygen atoms in total. The molecule has 0 spiro atoms. The molecule has 1 unspecified atom stereocenters. The van der Waals surface area contributed by atoms with Crippen LogP contribution in [0.15, 0.2) is 11.2 Å². The Morgan fingerprint density at radius 2 is 2.47 bits per heavy atom. The zero-order valence-corrected chi connectivity index (χ0v) is 10.6. The van der Waals surface area contributed by atoms with Crippen molar-refractivity contribution in [3.63, 3.8) is 0 Å². The SMILES string of the molecule is C=N[C@H]1CC(c2c([N+](=O)[O-])cnn2C)OCC[C@@H]1O. The zero-order chi connectivity index (χ0) is 14.0. The largest absolute Gasteiger partial charge is 0.391 e. The van der Waals surface area contributed by atoms with Gasteiger partial charge in [-0.25, -0.2) is 0 Å². The number of hydrogen-bond donors (Lipinski definition) is 1. The van der Waals surface area contributed by atoms with Gasteiger partial charge < -0.3 is 9.84 Å². The fourth-order valence-electron chi connectivity index (χ4n) is 2.30. The van der Waals surface area contributed by atoms with Gasteiger partial charge in [0.1, 0.15) is 18.0 Å². The summed E-state index contributed by atoms with van der Waals surface area (Å²) in [6.07, 6.45) is 0.850. The summed E-state index contributed by atoms with van der Waals surface area (Å²) in [5.74, 6) is 0. The number of ether oxygens (including phenoxy) is 1. The van der Waals surface area contributed by atoms with E-state index in [-0.39, 0.29) is 11.7 Å². The number of aryl methyl sites for hydroxylation is 1. The standard InChI is InChI=1S/C11H16N4O4/c1-12-7-5-10(19-4-3-9(7)16)11-8(15(17)18)6-13-14(11)2/h6-7,9-10,16H,1,3-5H2,2H3/t7-,9-,10?/m0/s1. The van der Waals surface area contributed by atoms with Crippen molar-refractivity contribution >= 4 is 12.4 Å². The molecule has 3 atom stereocenters. The fraction of sp³-hybridized carbons (Fsp3) is 0.636. The second kappa shape index (κ2) is 5.45. The summed E-state index contributed by atoms with van der Waals surface area (Å²) in [6, 6.07) is -0.387. The molecule has 1 aromatic heterocycles. The third-order valence-electron chi connectivity index (χ3n) is 3.33. The third-order valence-corrected chi connectivity index (χ3v) is 3.33. The van der Waals surface area contributed by atoms with E-state index < -0.39 is 17.1 Å². The van der Waals surface area contributed by atoms with Crippen LogP contribution in [0.3, 0.4) is 0 Å². The molecule has 0 aromatic carbocycles. The van der Waals surface area contributed by atoms with Gasteiger partial charge in [0.2, 0.25) is 0 Å². The van der Waals surface area contributed by atoms with Gasteiger partial charge in [0.05, 0.1) is 23.7 Å². The lowest BCUT2D eigenvalue weighted by molar-refractivity contribution is -0.386. The molecule has 1 aromatic rings. The molecule has 1 aliphatic heterocycles. The number of rotatable bonds is 3. The Bertz CT molecular complexity index is 487. The van der Waals surface area contributed by atoms with Crippen molar-refractivity contribution in [3.8, 4) is 0 Å². The van der Waals surface area contributed by atoms with Crippen LogP contribution in [-0.4, -0.2) is 45.3 Å². The van der Waals surface area contributed by atoms with E-state index in [1.54, 1.807) is 7.05 Å². The van der Waals surface area contributed by atoms with Crippen molar-refractivity contribution in [3.05, 3.63) is 22.0 Å². The molecule has 19 heavy (non-hydrogen) atoms. The van der Waals surface area contributed by atoms with Gasteiger partial charge >= 0.3 is 5.69 Å². The monoisotopic (exact) mass is 268 g/mol. The van der Waals surface area contributed by atoms with E-state index in [1.165, 1.54) is 10.9 Å². The second-order valence-corrected chi connectivity index (χ2v) is 4.50. The quantitative estimate of drug-likeness (QED) is 0.491. The van der Waals surface area contributed by atoms with Crippen LogP contribution in [0.4, 0.5) is 5.69 Å². The summed E-state index contributed by atoms with van der Waals surface area (Å²) in [7, 11) is 1.63. The molecule has 104 valence electrons. The lowest BCUT2D eigenvalue weighted by Crippen LogP contribution is -2.24. The highest BCUT2D eigenvalue weighted by molar-refractivity contribution is 5.35. The van der Waals surface area contributed by atoms with Crippen LogP contribution in [0.25, 0.3) is 0 Å². The van der Waals surface area contributed by atoms with Gasteiger partial charge in [-0.15, -0.1) is 0 Å². The topological polar surface area (TPSA) is 103 Å². The first kappa shape index (κ1) is 13.6. The molecule has 8 heteroatoms. The van der Waals surface area contributed by atoms with Crippen molar-refractivity contribution in [2.24, 2.45) is 12.0 Å². The highest BCUT2D eigenvalue weighted by atomic mass is 16.6. The summed E-state index contributed by atoms with van der Waals surface area (Å²) < 4.78 is 7.04. The predicted octanol–water partition coefficient (Wildman–Crippen LogP) is 0.610. The molecular weight excluding hydrogens is 252 g/mol. The Morgan fingerprint density at radius 3 is 3.11 bits per heavy atom. The first-order valence-electron chi connectivity index (χ1n) is 5.96. The van der Waals surface area contributed by atoms with Gasteiger partial charge in [-0.05, 0) is 13.1 Å². The minimum atomic E-state index is -0.630. The van der Waals surface area contributed by atoms with E-state index >= 15 is 0 Å². The molecule has 0 amide bonds. The fourth-order valence-corrected chi connectivity index (χ4v) is 2.30. The van der Waals surface area contributed by atoms with E-state index in [0.717, 1.165) is 0 Å². The first-order valence-corrected chi connectivity index (χ1v) is 5.96. The maximum Gasteiger partial charge on any atom is 0.312 e. The van der Waals surface area contributed by atoms with E-state index in [1.807, 2.05) is 0 Å². The Balaban J connectivity index is 2.32. The summed E-state index contributed by atoms with van der Waals surface area (Å²) in [5, 5.41) is 24.7. The molecule has 0 radical (unpaired) electrons. The van der Waals surface area contributed by atoms with Crippen LogP contribution < -0.4 is 0 Å². The normalized spacial score (nSPS) is 27.8. The van der Waals surface area contributed by atoms with Crippen molar-refractivity contribution in [2.45, 2.75) is 31.1 Å². The van der Waals surface area contributed by atoms with Crippen molar-refractivity contribution < 1.29 is 14.8 Å². The number of nitro groups is 1. The smallest absolute Gasteiger partial charge is 0.312 e.